The fraction of sp³-hybridized carbons (Fsp3) is 0.471. The summed E-state index contributed by atoms with van der Waals surface area (Å²) in [6.45, 7) is 1.94. The van der Waals surface area contributed by atoms with Crippen LogP contribution in [0.4, 0.5) is 23.7 Å². The van der Waals surface area contributed by atoms with Crippen LogP contribution >= 0.6 is 11.8 Å². The van der Waals surface area contributed by atoms with Crippen molar-refractivity contribution in [2.24, 2.45) is 0 Å². The average molecular weight is 372 g/mol. The van der Waals surface area contributed by atoms with Gasteiger partial charge in [-0.1, -0.05) is 17.8 Å². The van der Waals surface area contributed by atoms with Crippen LogP contribution in [0.1, 0.15) is 38.2 Å². The molecular formula is C17H19F3N2O2S. The molecule has 0 fully saturated rings. The van der Waals surface area contributed by atoms with Crippen molar-refractivity contribution < 1.29 is 22.7 Å². The maximum atomic E-state index is 13.1. The molecule has 0 aromatic heterocycles. The predicted molar refractivity (Wildman–Crippen MR) is 91.0 cm³/mol. The van der Waals surface area contributed by atoms with Crippen LogP contribution in [0.2, 0.25) is 0 Å². The molecule has 8 heteroatoms. The van der Waals surface area contributed by atoms with Crippen LogP contribution < -0.4 is 10.2 Å². The molecule has 2 aliphatic rings. The van der Waals surface area contributed by atoms with Gasteiger partial charge < -0.3 is 9.64 Å². The van der Waals surface area contributed by atoms with Crippen molar-refractivity contribution in [3.8, 4) is 0 Å². The topological polar surface area (TPSA) is 41.6 Å². The molecule has 1 N–H and O–H groups in total. The molecule has 1 aliphatic carbocycles. The molecule has 1 aromatic carbocycles. The average Bonchev–Trinajstić information content (AvgIpc) is 2.92. The largest absolute Gasteiger partial charge is 0.450 e. The summed E-state index contributed by atoms with van der Waals surface area (Å²) in [6.07, 6.45) is -1.26. The van der Waals surface area contributed by atoms with Gasteiger partial charge in [0.15, 0.2) is 5.50 Å². The van der Waals surface area contributed by atoms with Crippen LogP contribution in [0.3, 0.4) is 0 Å². The quantitative estimate of drug-likeness (QED) is 0.804. The zero-order valence-corrected chi connectivity index (χ0v) is 14.5. The summed E-state index contributed by atoms with van der Waals surface area (Å²) in [4.78, 5) is 14.8. The molecule has 1 aromatic rings. The summed E-state index contributed by atoms with van der Waals surface area (Å²) in [7, 11) is 0. The van der Waals surface area contributed by atoms with Gasteiger partial charge in [-0.2, -0.15) is 13.2 Å². The molecule has 0 saturated heterocycles. The Bertz CT molecular complexity index is 691. The summed E-state index contributed by atoms with van der Waals surface area (Å²) in [5.41, 5.74) is 0.230. The molecular weight excluding hydrogens is 353 g/mol. The van der Waals surface area contributed by atoms with Gasteiger partial charge in [0, 0.05) is 16.3 Å². The Labute approximate surface area is 148 Å². The highest BCUT2D eigenvalue weighted by Crippen LogP contribution is 2.47. The van der Waals surface area contributed by atoms with Crippen molar-refractivity contribution in [3.05, 3.63) is 40.4 Å². The van der Waals surface area contributed by atoms with Gasteiger partial charge in [-0.05, 0) is 50.8 Å². The Balaban J connectivity index is 1.93. The van der Waals surface area contributed by atoms with E-state index in [-0.39, 0.29) is 6.61 Å². The summed E-state index contributed by atoms with van der Waals surface area (Å²) in [5.74, 6) is 0. The molecule has 0 bridgehead atoms. The van der Waals surface area contributed by atoms with E-state index in [4.69, 9.17) is 4.74 Å². The van der Waals surface area contributed by atoms with Gasteiger partial charge in [-0.25, -0.2) is 4.79 Å². The van der Waals surface area contributed by atoms with E-state index in [0.717, 1.165) is 48.4 Å². The summed E-state index contributed by atoms with van der Waals surface area (Å²) in [5, 5.41) is 2.75. The van der Waals surface area contributed by atoms with Crippen molar-refractivity contribution in [1.82, 2.24) is 5.32 Å². The number of carbonyl (C=O) groups is 1. The number of allylic oxidation sites excluding steroid dienone is 2. The van der Waals surface area contributed by atoms with Crippen molar-refractivity contribution in [2.75, 3.05) is 11.5 Å². The third kappa shape index (κ3) is 3.89. The van der Waals surface area contributed by atoms with Crippen LogP contribution in [0.5, 0.6) is 0 Å². The van der Waals surface area contributed by atoms with E-state index in [2.05, 4.69) is 5.32 Å². The number of thioether (sulfide) groups is 1. The Kier molecular flexibility index (Phi) is 5.17. The van der Waals surface area contributed by atoms with E-state index in [1.807, 2.05) is 0 Å². The second-order valence-electron chi connectivity index (χ2n) is 5.83. The lowest BCUT2D eigenvalue weighted by atomic mass is 10.0. The molecule has 3 rings (SSSR count). The van der Waals surface area contributed by atoms with Gasteiger partial charge in [-0.15, -0.1) is 0 Å². The highest BCUT2D eigenvalue weighted by molar-refractivity contribution is 8.04. The molecule has 1 heterocycles. The Morgan fingerprint density at radius 2 is 2.12 bits per heavy atom. The third-order valence-electron chi connectivity index (χ3n) is 4.14. The minimum absolute atomic E-state index is 0.236. The number of alkyl halides is 3. The lowest BCUT2D eigenvalue weighted by molar-refractivity contribution is -0.137. The normalized spacial score (nSPS) is 20.5. The predicted octanol–water partition coefficient (Wildman–Crippen LogP) is 5.07. The van der Waals surface area contributed by atoms with E-state index >= 15 is 0 Å². The first kappa shape index (κ1) is 18.0. The van der Waals surface area contributed by atoms with Crippen molar-refractivity contribution in [1.29, 1.82) is 0 Å². The number of nitrogens with zero attached hydrogens (tertiary/aromatic N) is 1. The fourth-order valence-electron chi connectivity index (χ4n) is 3.06. The maximum absolute atomic E-state index is 13.1. The molecule has 0 spiro atoms. The number of amides is 1. The van der Waals surface area contributed by atoms with Gasteiger partial charge in [-0.3, -0.25) is 5.32 Å². The zero-order chi connectivity index (χ0) is 18.0. The molecule has 25 heavy (non-hydrogen) atoms. The molecule has 4 nitrogen and oxygen atoms in total. The van der Waals surface area contributed by atoms with Gasteiger partial charge in [0.25, 0.3) is 0 Å². The second-order valence-corrected chi connectivity index (χ2v) is 7.01. The fourth-order valence-corrected chi connectivity index (χ4v) is 4.44. The lowest BCUT2D eigenvalue weighted by Crippen LogP contribution is -2.43. The molecule has 0 saturated carbocycles. The standard InChI is InChI=1S/C17H19F3N2O2S/c1-2-24-16(23)21-15-22(13-8-3-4-9-14(13)25-15)12-7-5-6-11(10-12)17(18,19)20/h5-7,10,15H,2-4,8-9H2,1H3,(H,21,23). The van der Waals surface area contributed by atoms with E-state index in [0.29, 0.717) is 5.69 Å². The molecule has 1 amide bonds. The van der Waals surface area contributed by atoms with Gasteiger partial charge in [0.2, 0.25) is 0 Å². The summed E-state index contributed by atoms with van der Waals surface area (Å²) >= 11 is 1.48. The van der Waals surface area contributed by atoms with E-state index < -0.39 is 23.3 Å². The zero-order valence-electron chi connectivity index (χ0n) is 13.7. The number of hydrogen-bond donors (Lipinski definition) is 1. The van der Waals surface area contributed by atoms with Crippen LogP contribution in [-0.2, 0) is 10.9 Å². The van der Waals surface area contributed by atoms with Crippen LogP contribution in [0.25, 0.3) is 0 Å². The van der Waals surface area contributed by atoms with Gasteiger partial charge in [0.05, 0.1) is 12.2 Å². The van der Waals surface area contributed by atoms with E-state index in [9.17, 15) is 18.0 Å². The molecule has 0 radical (unpaired) electrons. The second kappa shape index (κ2) is 7.19. The van der Waals surface area contributed by atoms with Crippen LogP contribution in [0.15, 0.2) is 34.9 Å². The lowest BCUT2D eigenvalue weighted by Gasteiger charge is -2.30. The Morgan fingerprint density at radius 1 is 1.36 bits per heavy atom. The first-order valence-corrected chi connectivity index (χ1v) is 9.06. The number of alkyl carbamates (subject to hydrolysis) is 1. The number of halogens is 3. The maximum Gasteiger partial charge on any atom is 0.416 e. The number of benzene rings is 1. The van der Waals surface area contributed by atoms with E-state index in [1.54, 1.807) is 17.9 Å². The minimum Gasteiger partial charge on any atom is -0.450 e. The number of nitrogens with one attached hydrogen (secondary N) is 1. The highest BCUT2D eigenvalue weighted by Gasteiger charge is 2.37. The SMILES string of the molecule is CCOC(=O)NC1SC2=C(CCCC2)N1c1cccc(C(F)(F)F)c1. The van der Waals surface area contributed by atoms with Gasteiger partial charge >= 0.3 is 12.3 Å². The van der Waals surface area contributed by atoms with Crippen molar-refractivity contribution in [3.63, 3.8) is 0 Å². The minimum atomic E-state index is -4.41. The van der Waals surface area contributed by atoms with Crippen LogP contribution in [0, 0.1) is 0 Å². The monoisotopic (exact) mass is 372 g/mol. The van der Waals surface area contributed by atoms with Crippen LogP contribution in [-0.4, -0.2) is 18.2 Å². The Hall–Kier alpha value is -1.83. The van der Waals surface area contributed by atoms with Crippen molar-refractivity contribution in [2.45, 2.75) is 44.3 Å². The third-order valence-corrected chi connectivity index (χ3v) is 5.41. The Morgan fingerprint density at radius 3 is 2.84 bits per heavy atom. The molecule has 136 valence electrons. The van der Waals surface area contributed by atoms with Gasteiger partial charge in [0.1, 0.15) is 0 Å². The number of hydrogen-bond acceptors (Lipinski definition) is 4. The van der Waals surface area contributed by atoms with E-state index in [1.165, 1.54) is 17.8 Å². The first-order chi connectivity index (χ1) is 11.9. The summed E-state index contributed by atoms with van der Waals surface area (Å²) in [6, 6.07) is 5.22. The number of rotatable bonds is 3. The van der Waals surface area contributed by atoms with Crippen molar-refractivity contribution >= 4 is 23.5 Å². The molecule has 1 atom stereocenters. The smallest absolute Gasteiger partial charge is 0.416 e. The molecule has 1 aliphatic heterocycles. The number of ether oxygens (including phenoxy) is 1. The number of anilines is 1. The first-order valence-electron chi connectivity index (χ1n) is 8.18. The summed E-state index contributed by atoms with van der Waals surface area (Å²) < 4.78 is 44.1. The highest BCUT2D eigenvalue weighted by atomic mass is 32.2. The number of carbonyl (C=O) groups excluding carboxylic acids is 1. The molecule has 1 unspecified atom stereocenters.